The zero-order valence-corrected chi connectivity index (χ0v) is 24.0. The maximum atomic E-state index is 11.5. The van der Waals surface area contributed by atoms with Crippen molar-refractivity contribution >= 4 is 0 Å². The van der Waals surface area contributed by atoms with Gasteiger partial charge in [-0.25, -0.2) is 0 Å². The second kappa shape index (κ2) is 11.2. The molecule has 40 heavy (non-hydrogen) atoms. The van der Waals surface area contributed by atoms with Crippen LogP contribution in [0.15, 0.2) is 30.3 Å². The van der Waals surface area contributed by atoms with Crippen LogP contribution in [-0.2, 0) is 0 Å². The van der Waals surface area contributed by atoms with Gasteiger partial charge in [0.2, 0.25) is 0 Å². The lowest BCUT2D eigenvalue weighted by atomic mass is 9.70. The van der Waals surface area contributed by atoms with Crippen molar-refractivity contribution in [3.8, 4) is 51.7 Å². The quantitative estimate of drug-likeness (QED) is 0.344. The van der Waals surface area contributed by atoms with E-state index in [1.807, 2.05) is 24.3 Å². The minimum Gasteiger partial charge on any atom is -0.504 e. The number of hydrogen-bond acceptors (Lipinski definition) is 9. The fourth-order valence-corrected chi connectivity index (χ4v) is 6.17. The third-order valence-corrected chi connectivity index (χ3v) is 8.05. The number of ether oxygens (including phenoxy) is 8. The van der Waals surface area contributed by atoms with E-state index < -0.39 is 0 Å². The molecule has 5 rings (SSSR count). The average molecular weight is 553 g/mol. The Balaban J connectivity index is 1.65. The monoisotopic (exact) mass is 552 g/mol. The second-order valence-corrected chi connectivity index (χ2v) is 9.82. The van der Waals surface area contributed by atoms with Gasteiger partial charge in [0.25, 0.3) is 0 Å². The Labute approximate surface area is 234 Å². The van der Waals surface area contributed by atoms with Crippen LogP contribution in [0.3, 0.4) is 0 Å². The molecule has 3 aromatic carbocycles. The predicted molar refractivity (Wildman–Crippen MR) is 149 cm³/mol. The Bertz CT molecular complexity index is 1400. The van der Waals surface area contributed by atoms with Crippen molar-refractivity contribution in [2.45, 2.75) is 37.2 Å². The molecule has 0 aromatic heterocycles. The summed E-state index contributed by atoms with van der Waals surface area (Å²) < 4.78 is 45.9. The minimum absolute atomic E-state index is 0.110. The number of hydrogen-bond donors (Lipinski definition) is 1. The molecule has 0 amide bonds. The van der Waals surface area contributed by atoms with Gasteiger partial charge in [0, 0.05) is 46.4 Å². The SMILES string of the molecule is COc1cc(OC)c([C@@H]2CC[C@H]3C[C@@H](c4cc(OC)c(OC)cc4OC)Oc4cc(OC)c(O)c2c43)cc1OC. The highest BCUT2D eigenvalue weighted by molar-refractivity contribution is 5.65. The van der Waals surface area contributed by atoms with E-state index in [0.717, 1.165) is 35.1 Å². The molecule has 214 valence electrons. The van der Waals surface area contributed by atoms with E-state index in [1.165, 1.54) is 7.11 Å². The maximum Gasteiger partial charge on any atom is 0.164 e. The molecule has 9 heteroatoms. The van der Waals surface area contributed by atoms with Crippen LogP contribution < -0.4 is 37.9 Å². The van der Waals surface area contributed by atoms with Crippen LogP contribution >= 0.6 is 0 Å². The fraction of sp³-hybridized carbons (Fsp3) is 0.419. The summed E-state index contributed by atoms with van der Waals surface area (Å²) in [5.41, 5.74) is 3.53. The number of phenolic OH excluding ortho intramolecular Hbond substituents is 1. The number of phenols is 1. The summed E-state index contributed by atoms with van der Waals surface area (Å²) in [7, 11) is 11.2. The van der Waals surface area contributed by atoms with Gasteiger partial charge in [-0.15, -0.1) is 0 Å². The third-order valence-electron chi connectivity index (χ3n) is 8.05. The highest BCUT2D eigenvalue weighted by atomic mass is 16.5. The van der Waals surface area contributed by atoms with Gasteiger partial charge in [-0.1, -0.05) is 0 Å². The first-order valence-corrected chi connectivity index (χ1v) is 13.1. The second-order valence-electron chi connectivity index (χ2n) is 9.82. The Morgan fingerprint density at radius 2 is 1.07 bits per heavy atom. The molecule has 1 N–H and O–H groups in total. The Kier molecular flexibility index (Phi) is 7.65. The summed E-state index contributed by atoms with van der Waals surface area (Å²) in [5, 5.41) is 11.5. The first-order chi connectivity index (χ1) is 19.4. The summed E-state index contributed by atoms with van der Waals surface area (Å²) in [5.74, 6) is 4.74. The van der Waals surface area contributed by atoms with Crippen molar-refractivity contribution in [2.24, 2.45) is 0 Å². The zero-order valence-electron chi connectivity index (χ0n) is 24.0. The van der Waals surface area contributed by atoms with Gasteiger partial charge < -0.3 is 43.0 Å². The van der Waals surface area contributed by atoms with Gasteiger partial charge in [-0.05, 0) is 37.3 Å². The molecule has 2 aliphatic rings. The van der Waals surface area contributed by atoms with Crippen LogP contribution in [0.1, 0.15) is 59.5 Å². The molecule has 0 fully saturated rings. The maximum absolute atomic E-state index is 11.5. The predicted octanol–water partition coefficient (Wildman–Crippen LogP) is 5.99. The smallest absolute Gasteiger partial charge is 0.164 e. The molecular weight excluding hydrogens is 516 g/mol. The van der Waals surface area contributed by atoms with E-state index in [0.29, 0.717) is 52.4 Å². The van der Waals surface area contributed by atoms with Crippen LogP contribution in [0.5, 0.6) is 51.7 Å². The molecule has 3 atom stereocenters. The van der Waals surface area contributed by atoms with Crippen LogP contribution in [0, 0.1) is 0 Å². The average Bonchev–Trinajstić information content (AvgIpc) is 3.00. The van der Waals surface area contributed by atoms with Crippen LogP contribution in [-0.4, -0.2) is 54.9 Å². The van der Waals surface area contributed by atoms with Gasteiger partial charge >= 0.3 is 0 Å². The third kappa shape index (κ3) is 4.43. The van der Waals surface area contributed by atoms with E-state index in [9.17, 15) is 5.11 Å². The summed E-state index contributed by atoms with van der Waals surface area (Å²) in [6.45, 7) is 0. The molecule has 0 unspecified atom stereocenters. The highest BCUT2D eigenvalue weighted by Crippen LogP contribution is 2.59. The standard InChI is InChI=1S/C31H36O9/c1-33-20-13-25(37-5)23(35-3)11-18(20)17-9-8-16-10-22(19-12-24(36-4)26(38-6)14-21(19)34-2)40-27-15-28(39-7)31(32)30(17)29(16)27/h11-17,22,32H,8-10H2,1-7H3/t16-,17-,22-/m0/s1. The Morgan fingerprint density at radius 1 is 0.575 bits per heavy atom. The molecule has 0 saturated heterocycles. The van der Waals surface area contributed by atoms with Gasteiger partial charge in [0.1, 0.15) is 23.4 Å². The van der Waals surface area contributed by atoms with Crippen LogP contribution in [0.2, 0.25) is 0 Å². The molecule has 3 aromatic rings. The van der Waals surface area contributed by atoms with Crippen molar-refractivity contribution < 1.29 is 43.0 Å². The molecule has 0 bridgehead atoms. The van der Waals surface area contributed by atoms with Crippen LogP contribution in [0.4, 0.5) is 0 Å². The molecule has 1 aliphatic carbocycles. The van der Waals surface area contributed by atoms with Crippen molar-refractivity contribution in [1.29, 1.82) is 0 Å². The molecular formula is C31H36O9. The normalized spacial score (nSPS) is 19.1. The topological polar surface area (TPSA) is 94.1 Å². The number of benzene rings is 3. The van der Waals surface area contributed by atoms with Crippen LogP contribution in [0.25, 0.3) is 0 Å². The van der Waals surface area contributed by atoms with E-state index >= 15 is 0 Å². The number of rotatable bonds is 9. The van der Waals surface area contributed by atoms with Gasteiger partial charge in [-0.3, -0.25) is 0 Å². The first-order valence-electron chi connectivity index (χ1n) is 13.1. The summed E-state index contributed by atoms with van der Waals surface area (Å²) in [4.78, 5) is 0. The van der Waals surface area contributed by atoms with Gasteiger partial charge in [0.15, 0.2) is 34.5 Å². The largest absolute Gasteiger partial charge is 0.504 e. The lowest BCUT2D eigenvalue weighted by molar-refractivity contribution is 0.147. The number of methoxy groups -OCH3 is 7. The van der Waals surface area contributed by atoms with Crippen molar-refractivity contribution in [3.05, 3.63) is 52.6 Å². The Hall–Kier alpha value is -4.14. The van der Waals surface area contributed by atoms with Crippen molar-refractivity contribution in [2.75, 3.05) is 49.8 Å². The lowest BCUT2D eigenvalue weighted by Crippen LogP contribution is -2.26. The lowest BCUT2D eigenvalue weighted by Gasteiger charge is -2.40. The van der Waals surface area contributed by atoms with Gasteiger partial charge in [-0.2, -0.15) is 0 Å². The minimum atomic E-state index is -0.304. The molecule has 0 radical (unpaired) electrons. The summed E-state index contributed by atoms with van der Waals surface area (Å²) in [6.07, 6.45) is 2.05. The Morgan fingerprint density at radius 3 is 1.62 bits per heavy atom. The zero-order chi connectivity index (χ0) is 28.6. The summed E-state index contributed by atoms with van der Waals surface area (Å²) in [6, 6.07) is 9.24. The van der Waals surface area contributed by atoms with E-state index in [-0.39, 0.29) is 23.7 Å². The molecule has 0 spiro atoms. The van der Waals surface area contributed by atoms with E-state index in [4.69, 9.17) is 37.9 Å². The molecule has 9 nitrogen and oxygen atoms in total. The van der Waals surface area contributed by atoms with Gasteiger partial charge in [0.05, 0.1) is 49.8 Å². The highest BCUT2D eigenvalue weighted by Gasteiger charge is 2.41. The summed E-state index contributed by atoms with van der Waals surface area (Å²) >= 11 is 0. The van der Waals surface area contributed by atoms with E-state index in [2.05, 4.69) is 0 Å². The fourth-order valence-electron chi connectivity index (χ4n) is 6.17. The molecule has 0 saturated carbocycles. The first kappa shape index (κ1) is 27.4. The van der Waals surface area contributed by atoms with Crippen molar-refractivity contribution in [1.82, 2.24) is 0 Å². The molecule has 1 heterocycles. The number of aromatic hydroxyl groups is 1. The van der Waals surface area contributed by atoms with E-state index in [1.54, 1.807) is 48.7 Å². The van der Waals surface area contributed by atoms with Crippen molar-refractivity contribution in [3.63, 3.8) is 0 Å². The molecule has 1 aliphatic heterocycles.